The summed E-state index contributed by atoms with van der Waals surface area (Å²) in [5.74, 6) is 0. The van der Waals surface area contributed by atoms with Gasteiger partial charge in [-0.25, -0.2) is 0 Å². The van der Waals surface area contributed by atoms with Crippen molar-refractivity contribution in [1.82, 2.24) is 5.32 Å². The van der Waals surface area contributed by atoms with Crippen LogP contribution in [0.1, 0.15) is 46.5 Å². The third kappa shape index (κ3) is 4.81. The molecular weight excluding hydrogens is 202 g/mol. The van der Waals surface area contributed by atoms with E-state index in [0.29, 0.717) is 12.1 Å². The highest BCUT2D eigenvalue weighted by atomic mass is 16.5. The van der Waals surface area contributed by atoms with Crippen molar-refractivity contribution in [3.05, 3.63) is 0 Å². The smallest absolute Gasteiger partial charge is 0.0647 e. The SMILES string of the molecule is CCCNC1CCOC(CC(C)(C)OC)C1. The normalized spacial score (nSPS) is 27.0. The lowest BCUT2D eigenvalue weighted by Crippen LogP contribution is -2.42. The topological polar surface area (TPSA) is 30.5 Å². The van der Waals surface area contributed by atoms with E-state index in [2.05, 4.69) is 26.1 Å². The summed E-state index contributed by atoms with van der Waals surface area (Å²) < 4.78 is 11.3. The van der Waals surface area contributed by atoms with Crippen LogP contribution in [0.4, 0.5) is 0 Å². The van der Waals surface area contributed by atoms with E-state index < -0.39 is 0 Å². The number of hydrogen-bond acceptors (Lipinski definition) is 3. The summed E-state index contributed by atoms with van der Waals surface area (Å²) in [5, 5.41) is 3.58. The van der Waals surface area contributed by atoms with E-state index in [1.807, 2.05) is 0 Å². The molecule has 0 aromatic heterocycles. The molecule has 1 N–H and O–H groups in total. The first-order valence-electron chi connectivity index (χ1n) is 6.47. The maximum absolute atomic E-state index is 5.81. The molecule has 0 saturated carbocycles. The van der Waals surface area contributed by atoms with E-state index in [9.17, 15) is 0 Å². The van der Waals surface area contributed by atoms with E-state index in [0.717, 1.165) is 32.4 Å². The first-order valence-corrected chi connectivity index (χ1v) is 6.47. The van der Waals surface area contributed by atoms with Crippen LogP contribution in [0.3, 0.4) is 0 Å². The zero-order valence-corrected chi connectivity index (χ0v) is 11.2. The van der Waals surface area contributed by atoms with Crippen molar-refractivity contribution in [2.45, 2.75) is 64.2 Å². The fourth-order valence-corrected chi connectivity index (χ4v) is 2.19. The molecule has 1 heterocycles. The van der Waals surface area contributed by atoms with Gasteiger partial charge in [-0.05, 0) is 39.7 Å². The molecular formula is C13H27NO2. The number of nitrogens with one attached hydrogen (secondary N) is 1. The molecule has 3 nitrogen and oxygen atoms in total. The van der Waals surface area contributed by atoms with Gasteiger partial charge >= 0.3 is 0 Å². The summed E-state index contributed by atoms with van der Waals surface area (Å²) in [6, 6.07) is 0.631. The van der Waals surface area contributed by atoms with E-state index in [4.69, 9.17) is 9.47 Å². The molecule has 1 fully saturated rings. The van der Waals surface area contributed by atoms with Crippen LogP contribution in [0.25, 0.3) is 0 Å². The standard InChI is InChI=1S/C13H27NO2/c1-5-7-14-11-6-8-16-12(9-11)10-13(2,3)15-4/h11-12,14H,5-10H2,1-4H3. The highest BCUT2D eigenvalue weighted by molar-refractivity contribution is 4.82. The predicted octanol–water partition coefficient (Wildman–Crippen LogP) is 2.35. The number of methoxy groups -OCH3 is 1. The van der Waals surface area contributed by atoms with Crippen molar-refractivity contribution >= 4 is 0 Å². The molecule has 1 aliphatic heterocycles. The Hall–Kier alpha value is -0.120. The molecule has 96 valence electrons. The van der Waals surface area contributed by atoms with Crippen LogP contribution >= 0.6 is 0 Å². The Morgan fingerprint density at radius 1 is 1.44 bits per heavy atom. The summed E-state index contributed by atoms with van der Waals surface area (Å²) in [6.07, 6.45) is 4.79. The summed E-state index contributed by atoms with van der Waals surface area (Å²) >= 11 is 0. The zero-order chi connectivity index (χ0) is 12.0. The molecule has 0 amide bonds. The van der Waals surface area contributed by atoms with Crippen LogP contribution in [-0.4, -0.2) is 38.0 Å². The van der Waals surface area contributed by atoms with Gasteiger partial charge in [0.25, 0.3) is 0 Å². The Labute approximate surface area is 99.9 Å². The van der Waals surface area contributed by atoms with E-state index in [-0.39, 0.29) is 5.60 Å². The predicted molar refractivity (Wildman–Crippen MR) is 66.8 cm³/mol. The molecule has 0 spiro atoms. The number of hydrogen-bond donors (Lipinski definition) is 1. The first-order chi connectivity index (χ1) is 7.57. The second kappa shape index (κ2) is 6.58. The van der Waals surface area contributed by atoms with Crippen molar-refractivity contribution in [3.63, 3.8) is 0 Å². The number of rotatable bonds is 6. The minimum Gasteiger partial charge on any atom is -0.379 e. The van der Waals surface area contributed by atoms with Gasteiger partial charge in [0.05, 0.1) is 11.7 Å². The van der Waals surface area contributed by atoms with Crippen molar-refractivity contribution < 1.29 is 9.47 Å². The lowest BCUT2D eigenvalue weighted by molar-refractivity contribution is -0.0655. The lowest BCUT2D eigenvalue weighted by atomic mass is 9.93. The zero-order valence-electron chi connectivity index (χ0n) is 11.2. The van der Waals surface area contributed by atoms with Gasteiger partial charge in [0.15, 0.2) is 0 Å². The Morgan fingerprint density at radius 3 is 2.81 bits per heavy atom. The van der Waals surface area contributed by atoms with E-state index >= 15 is 0 Å². The summed E-state index contributed by atoms with van der Waals surface area (Å²) in [7, 11) is 1.77. The number of ether oxygens (including phenoxy) is 2. The van der Waals surface area contributed by atoms with Gasteiger partial charge in [0.1, 0.15) is 0 Å². The highest BCUT2D eigenvalue weighted by Crippen LogP contribution is 2.24. The Balaban J connectivity index is 2.32. The van der Waals surface area contributed by atoms with Crippen LogP contribution < -0.4 is 5.32 Å². The molecule has 0 aliphatic carbocycles. The second-order valence-electron chi connectivity index (χ2n) is 5.34. The van der Waals surface area contributed by atoms with Gasteiger partial charge in [0, 0.05) is 26.2 Å². The van der Waals surface area contributed by atoms with Crippen LogP contribution in [0.15, 0.2) is 0 Å². The molecule has 1 aliphatic rings. The van der Waals surface area contributed by atoms with Crippen LogP contribution in [-0.2, 0) is 9.47 Å². The van der Waals surface area contributed by atoms with Gasteiger partial charge in [0.2, 0.25) is 0 Å². The molecule has 16 heavy (non-hydrogen) atoms. The van der Waals surface area contributed by atoms with Crippen molar-refractivity contribution in [2.75, 3.05) is 20.3 Å². The minimum absolute atomic E-state index is 0.0721. The van der Waals surface area contributed by atoms with Gasteiger partial charge in [-0.15, -0.1) is 0 Å². The third-order valence-corrected chi connectivity index (χ3v) is 3.32. The Kier molecular flexibility index (Phi) is 5.73. The average molecular weight is 229 g/mol. The second-order valence-corrected chi connectivity index (χ2v) is 5.34. The Bertz CT molecular complexity index is 194. The maximum Gasteiger partial charge on any atom is 0.0647 e. The van der Waals surface area contributed by atoms with Crippen molar-refractivity contribution in [2.24, 2.45) is 0 Å². The molecule has 0 aromatic carbocycles. The maximum atomic E-state index is 5.81. The van der Waals surface area contributed by atoms with Gasteiger partial charge in [-0.1, -0.05) is 6.92 Å². The average Bonchev–Trinajstić information content (AvgIpc) is 2.26. The molecule has 2 unspecified atom stereocenters. The van der Waals surface area contributed by atoms with E-state index in [1.54, 1.807) is 7.11 Å². The monoisotopic (exact) mass is 229 g/mol. The van der Waals surface area contributed by atoms with Gasteiger partial charge in [-0.3, -0.25) is 0 Å². The van der Waals surface area contributed by atoms with Crippen molar-refractivity contribution in [3.8, 4) is 0 Å². The fraction of sp³-hybridized carbons (Fsp3) is 1.00. The van der Waals surface area contributed by atoms with Gasteiger partial charge in [-0.2, -0.15) is 0 Å². The van der Waals surface area contributed by atoms with Crippen LogP contribution in [0.5, 0.6) is 0 Å². The first kappa shape index (κ1) is 13.9. The Morgan fingerprint density at radius 2 is 2.19 bits per heavy atom. The molecule has 0 aromatic rings. The minimum atomic E-state index is -0.0721. The summed E-state index contributed by atoms with van der Waals surface area (Å²) in [4.78, 5) is 0. The van der Waals surface area contributed by atoms with Crippen LogP contribution in [0.2, 0.25) is 0 Å². The summed E-state index contributed by atoms with van der Waals surface area (Å²) in [6.45, 7) is 8.45. The highest BCUT2D eigenvalue weighted by Gasteiger charge is 2.28. The van der Waals surface area contributed by atoms with E-state index in [1.165, 1.54) is 6.42 Å². The van der Waals surface area contributed by atoms with Gasteiger partial charge < -0.3 is 14.8 Å². The molecule has 1 saturated heterocycles. The molecule has 0 bridgehead atoms. The lowest BCUT2D eigenvalue weighted by Gasteiger charge is -2.34. The molecule has 2 atom stereocenters. The van der Waals surface area contributed by atoms with Crippen LogP contribution in [0, 0.1) is 0 Å². The third-order valence-electron chi connectivity index (χ3n) is 3.32. The summed E-state index contributed by atoms with van der Waals surface area (Å²) in [5.41, 5.74) is -0.0721. The fourth-order valence-electron chi connectivity index (χ4n) is 2.19. The van der Waals surface area contributed by atoms with Crippen molar-refractivity contribution in [1.29, 1.82) is 0 Å². The molecule has 3 heteroatoms. The quantitative estimate of drug-likeness (QED) is 0.758. The largest absolute Gasteiger partial charge is 0.379 e. The molecule has 0 radical (unpaired) electrons. The molecule has 1 rings (SSSR count).